The first-order chi connectivity index (χ1) is 22.8. The molecule has 216 valence electrons. The van der Waals surface area contributed by atoms with Crippen LogP contribution in [0.5, 0.6) is 0 Å². The molecule has 3 heteroatoms. The molecule has 0 saturated carbocycles. The summed E-state index contributed by atoms with van der Waals surface area (Å²) < 4.78 is 6.50. The summed E-state index contributed by atoms with van der Waals surface area (Å²) >= 11 is 0. The lowest BCUT2D eigenvalue weighted by Gasteiger charge is -2.27. The van der Waals surface area contributed by atoms with Crippen LogP contribution in [-0.2, 0) is 0 Å². The number of para-hydroxylation sites is 1. The zero-order valence-electron chi connectivity index (χ0n) is 25.0. The highest BCUT2D eigenvalue weighted by Crippen LogP contribution is 2.45. The predicted octanol–water partition coefficient (Wildman–Crippen LogP) is 12.1. The van der Waals surface area contributed by atoms with E-state index in [1.165, 1.54) is 21.9 Å². The largest absolute Gasteiger partial charge is 0.435 e. The van der Waals surface area contributed by atoms with Gasteiger partial charge in [0, 0.05) is 33.1 Å². The van der Waals surface area contributed by atoms with Crippen molar-refractivity contribution in [1.82, 2.24) is 4.98 Å². The summed E-state index contributed by atoms with van der Waals surface area (Å²) in [5, 5.41) is 6.87. The maximum atomic E-state index is 6.50. The number of oxazole rings is 1. The predicted molar refractivity (Wildman–Crippen MR) is 192 cm³/mol. The third kappa shape index (κ3) is 4.33. The molecule has 0 atom stereocenters. The molecule has 0 radical (unpaired) electrons. The van der Waals surface area contributed by atoms with Gasteiger partial charge in [-0.15, -0.1) is 0 Å². The fraction of sp³-hybridized carbons (Fsp3) is 0. The molecule has 0 aliphatic heterocycles. The molecule has 0 aliphatic rings. The highest BCUT2D eigenvalue weighted by molar-refractivity contribution is 6.26. The van der Waals surface area contributed by atoms with Crippen molar-refractivity contribution in [3.63, 3.8) is 0 Å². The maximum absolute atomic E-state index is 6.50. The van der Waals surface area contributed by atoms with Crippen molar-refractivity contribution in [2.45, 2.75) is 0 Å². The summed E-state index contributed by atoms with van der Waals surface area (Å²) in [5.74, 6) is 0.628. The van der Waals surface area contributed by atoms with E-state index < -0.39 is 0 Å². The molecule has 1 aromatic heterocycles. The molecule has 9 rings (SSSR count). The third-order valence-corrected chi connectivity index (χ3v) is 8.85. The van der Waals surface area contributed by atoms with Gasteiger partial charge in [0.1, 0.15) is 5.52 Å². The average molecular weight is 589 g/mol. The molecule has 46 heavy (non-hydrogen) atoms. The van der Waals surface area contributed by atoms with Gasteiger partial charge in [0.2, 0.25) is 5.89 Å². The van der Waals surface area contributed by atoms with Crippen LogP contribution in [0.2, 0.25) is 0 Å². The Morgan fingerprint density at radius 2 is 1.07 bits per heavy atom. The van der Waals surface area contributed by atoms with Gasteiger partial charge in [0.05, 0.1) is 5.69 Å². The molecule has 0 spiro atoms. The van der Waals surface area contributed by atoms with E-state index in [1.54, 1.807) is 0 Å². The van der Waals surface area contributed by atoms with Crippen LogP contribution in [0.4, 0.5) is 17.1 Å². The van der Waals surface area contributed by atoms with Gasteiger partial charge in [0.25, 0.3) is 0 Å². The Morgan fingerprint density at radius 3 is 1.87 bits per heavy atom. The second kappa shape index (κ2) is 10.8. The van der Waals surface area contributed by atoms with Crippen molar-refractivity contribution in [3.8, 4) is 22.6 Å². The minimum Gasteiger partial charge on any atom is -0.435 e. The van der Waals surface area contributed by atoms with Crippen LogP contribution in [-0.4, -0.2) is 4.98 Å². The van der Waals surface area contributed by atoms with Gasteiger partial charge in [-0.05, 0) is 75.8 Å². The van der Waals surface area contributed by atoms with Gasteiger partial charge in [-0.3, -0.25) is 0 Å². The van der Waals surface area contributed by atoms with Crippen molar-refractivity contribution in [2.24, 2.45) is 0 Å². The van der Waals surface area contributed by atoms with Gasteiger partial charge < -0.3 is 9.32 Å². The molecule has 8 aromatic carbocycles. The van der Waals surface area contributed by atoms with E-state index in [9.17, 15) is 0 Å². The van der Waals surface area contributed by atoms with Crippen molar-refractivity contribution >= 4 is 60.5 Å². The van der Waals surface area contributed by atoms with Crippen molar-refractivity contribution in [2.75, 3.05) is 4.90 Å². The van der Waals surface area contributed by atoms with E-state index in [-0.39, 0.29) is 0 Å². The van der Waals surface area contributed by atoms with E-state index in [2.05, 4.69) is 144 Å². The van der Waals surface area contributed by atoms with Crippen molar-refractivity contribution in [1.29, 1.82) is 0 Å². The van der Waals surface area contributed by atoms with Gasteiger partial charge >= 0.3 is 0 Å². The standard InChI is InChI=1S/C43H28N2O/c1-3-13-31(14-4-1)43-44-41-38-20-11-21-39(40(38)36-18-9-10-19-37(36)42(41)46-43)45(34-16-5-2-6-17-34)35-26-24-30(25-27-35)33-23-22-29-12-7-8-15-32(29)28-33/h1-28H. The van der Waals surface area contributed by atoms with E-state index in [1.807, 2.05) is 30.3 Å². The summed E-state index contributed by atoms with van der Waals surface area (Å²) in [7, 11) is 0. The number of fused-ring (bicyclic) bond motifs is 7. The van der Waals surface area contributed by atoms with Gasteiger partial charge in [-0.2, -0.15) is 0 Å². The van der Waals surface area contributed by atoms with Crippen molar-refractivity contribution < 1.29 is 4.42 Å². The Balaban J connectivity index is 1.26. The number of anilines is 3. The van der Waals surface area contributed by atoms with Crippen LogP contribution in [0.1, 0.15) is 0 Å². The Kier molecular flexibility index (Phi) is 6.14. The lowest BCUT2D eigenvalue weighted by Crippen LogP contribution is -2.10. The normalized spacial score (nSPS) is 11.5. The number of hydrogen-bond donors (Lipinski definition) is 0. The Morgan fingerprint density at radius 1 is 0.435 bits per heavy atom. The molecule has 0 aliphatic carbocycles. The van der Waals surface area contributed by atoms with Crippen LogP contribution in [0.15, 0.2) is 174 Å². The van der Waals surface area contributed by atoms with Crippen molar-refractivity contribution in [3.05, 3.63) is 170 Å². The van der Waals surface area contributed by atoms with Gasteiger partial charge in [-0.1, -0.05) is 121 Å². The summed E-state index contributed by atoms with van der Waals surface area (Å²) in [6.07, 6.45) is 0. The highest BCUT2D eigenvalue weighted by Gasteiger charge is 2.21. The molecular formula is C43H28N2O. The van der Waals surface area contributed by atoms with Crippen LogP contribution in [0.25, 0.3) is 66.0 Å². The molecule has 0 unspecified atom stereocenters. The molecule has 9 aromatic rings. The molecule has 0 amide bonds. The monoisotopic (exact) mass is 588 g/mol. The third-order valence-electron chi connectivity index (χ3n) is 8.85. The summed E-state index contributed by atoms with van der Waals surface area (Å²) in [4.78, 5) is 7.44. The van der Waals surface area contributed by atoms with Crippen LogP contribution < -0.4 is 4.90 Å². The smallest absolute Gasteiger partial charge is 0.227 e. The summed E-state index contributed by atoms with van der Waals surface area (Å²) in [6, 6.07) is 59.8. The Labute approximate surface area is 266 Å². The molecule has 0 bridgehead atoms. The SMILES string of the molecule is c1ccc(-c2nc3c4cccc(N(c5ccccc5)c5ccc(-c6ccc7ccccc7c6)cc5)c4c4ccccc4c3o2)cc1. The van der Waals surface area contributed by atoms with Crippen LogP contribution in [0.3, 0.4) is 0 Å². The molecule has 0 fully saturated rings. The fourth-order valence-corrected chi connectivity index (χ4v) is 6.67. The Bertz CT molecular complexity index is 2520. The Hall–Kier alpha value is -6.19. The fourth-order valence-electron chi connectivity index (χ4n) is 6.67. The number of benzene rings is 8. The zero-order valence-corrected chi connectivity index (χ0v) is 25.0. The molecular weight excluding hydrogens is 560 g/mol. The molecule has 3 nitrogen and oxygen atoms in total. The minimum atomic E-state index is 0.628. The second-order valence-corrected chi connectivity index (χ2v) is 11.6. The number of aromatic nitrogens is 1. The molecule has 1 heterocycles. The van der Waals surface area contributed by atoms with E-state index in [4.69, 9.17) is 9.40 Å². The molecule has 0 N–H and O–H groups in total. The highest BCUT2D eigenvalue weighted by atomic mass is 16.3. The quantitative estimate of drug-likeness (QED) is 0.187. The first-order valence-corrected chi connectivity index (χ1v) is 15.6. The first-order valence-electron chi connectivity index (χ1n) is 15.6. The topological polar surface area (TPSA) is 29.3 Å². The molecule has 0 saturated heterocycles. The van der Waals surface area contributed by atoms with Crippen LogP contribution >= 0.6 is 0 Å². The lowest BCUT2D eigenvalue weighted by atomic mass is 9.97. The zero-order chi connectivity index (χ0) is 30.5. The van der Waals surface area contributed by atoms with Gasteiger partial charge in [-0.25, -0.2) is 4.98 Å². The summed E-state index contributed by atoms with van der Waals surface area (Å²) in [5.41, 5.74) is 8.28. The number of rotatable bonds is 5. The van der Waals surface area contributed by atoms with E-state index >= 15 is 0 Å². The first kappa shape index (κ1) is 26.2. The summed E-state index contributed by atoms with van der Waals surface area (Å²) in [6.45, 7) is 0. The number of nitrogens with zero attached hydrogens (tertiary/aromatic N) is 2. The van der Waals surface area contributed by atoms with Crippen LogP contribution in [0, 0.1) is 0 Å². The average Bonchev–Trinajstić information content (AvgIpc) is 3.59. The van der Waals surface area contributed by atoms with E-state index in [0.717, 1.165) is 55.3 Å². The lowest BCUT2D eigenvalue weighted by molar-refractivity contribution is 0.623. The maximum Gasteiger partial charge on any atom is 0.227 e. The minimum absolute atomic E-state index is 0.628. The van der Waals surface area contributed by atoms with E-state index in [0.29, 0.717) is 5.89 Å². The second-order valence-electron chi connectivity index (χ2n) is 11.6. The van der Waals surface area contributed by atoms with Gasteiger partial charge in [0.15, 0.2) is 5.58 Å². The number of hydrogen-bond acceptors (Lipinski definition) is 3.